The molecule has 0 spiro atoms. The zero-order valence-electron chi connectivity index (χ0n) is 10.2. The Hall–Kier alpha value is -1.55. The molecule has 1 heterocycles. The molecule has 0 fully saturated rings. The van der Waals surface area contributed by atoms with E-state index in [0.717, 1.165) is 0 Å². The van der Waals surface area contributed by atoms with Gasteiger partial charge in [0.25, 0.3) is 0 Å². The number of ketones is 2. The third-order valence-electron chi connectivity index (χ3n) is 2.75. The number of carbonyl (C=O) groups is 2. The van der Waals surface area contributed by atoms with E-state index in [1.54, 1.807) is 19.1 Å². The predicted octanol–water partition coefficient (Wildman–Crippen LogP) is 2.87. The van der Waals surface area contributed by atoms with E-state index in [0.29, 0.717) is 22.1 Å². The number of benzene rings is 1. The fourth-order valence-electron chi connectivity index (χ4n) is 1.92. The van der Waals surface area contributed by atoms with Gasteiger partial charge in [0.2, 0.25) is 6.79 Å². The Balaban J connectivity index is 2.26. The second-order valence-electron chi connectivity index (χ2n) is 4.36. The van der Waals surface area contributed by atoms with Crippen LogP contribution in [0.2, 0.25) is 5.02 Å². The summed E-state index contributed by atoms with van der Waals surface area (Å²) < 4.78 is 10.4. The molecule has 0 aliphatic carbocycles. The van der Waals surface area contributed by atoms with Gasteiger partial charge in [0.1, 0.15) is 5.78 Å². The first kappa shape index (κ1) is 12.9. The number of hydrogen-bond donors (Lipinski definition) is 0. The van der Waals surface area contributed by atoms with Crippen LogP contribution in [-0.4, -0.2) is 18.4 Å². The molecule has 1 aliphatic rings. The maximum Gasteiger partial charge on any atom is 0.231 e. The number of rotatable bonds is 4. The zero-order chi connectivity index (χ0) is 13.3. The van der Waals surface area contributed by atoms with Gasteiger partial charge in [-0.1, -0.05) is 18.5 Å². The Kier molecular flexibility index (Phi) is 3.57. The molecule has 0 saturated carbocycles. The first-order valence-corrected chi connectivity index (χ1v) is 5.99. The first-order valence-electron chi connectivity index (χ1n) is 5.62. The molecule has 0 N–H and O–H groups in total. The summed E-state index contributed by atoms with van der Waals surface area (Å²) in [6.07, 6.45) is 0.227. The van der Waals surface area contributed by atoms with Crippen LogP contribution in [0.4, 0.5) is 0 Å². The lowest BCUT2D eigenvalue weighted by Crippen LogP contribution is -2.14. The van der Waals surface area contributed by atoms with Gasteiger partial charge in [0.05, 0.1) is 5.02 Å². The van der Waals surface area contributed by atoms with Gasteiger partial charge in [-0.2, -0.15) is 0 Å². The van der Waals surface area contributed by atoms with Gasteiger partial charge in [-0.3, -0.25) is 4.79 Å². The van der Waals surface area contributed by atoms with Crippen molar-refractivity contribution >= 4 is 23.2 Å². The minimum atomic E-state index is -0.362. The molecule has 1 aromatic carbocycles. The molecular weight excluding hydrogens is 256 g/mol. The molecule has 1 unspecified atom stereocenters. The largest absolute Gasteiger partial charge is 0.454 e. The van der Waals surface area contributed by atoms with Gasteiger partial charge in [0.15, 0.2) is 17.3 Å². The van der Waals surface area contributed by atoms with Crippen LogP contribution in [0.25, 0.3) is 0 Å². The van der Waals surface area contributed by atoms with Crippen molar-refractivity contribution in [3.8, 4) is 11.5 Å². The van der Waals surface area contributed by atoms with Crippen molar-refractivity contribution in [3.05, 3.63) is 22.7 Å². The lowest BCUT2D eigenvalue weighted by Gasteiger charge is -2.09. The third-order valence-corrected chi connectivity index (χ3v) is 3.03. The van der Waals surface area contributed by atoms with E-state index in [1.807, 2.05) is 0 Å². The molecule has 1 aromatic rings. The molecule has 5 heteroatoms. The Bertz CT molecular complexity index is 510. The van der Waals surface area contributed by atoms with Crippen LogP contribution < -0.4 is 9.47 Å². The molecule has 1 atom stereocenters. The summed E-state index contributed by atoms with van der Waals surface area (Å²) in [6, 6.07) is 3.15. The molecule has 18 heavy (non-hydrogen) atoms. The molecular formula is C13H13ClO4. The Labute approximate surface area is 110 Å². The molecule has 96 valence electrons. The van der Waals surface area contributed by atoms with Gasteiger partial charge in [-0.05, 0) is 19.1 Å². The number of hydrogen-bond acceptors (Lipinski definition) is 4. The van der Waals surface area contributed by atoms with Crippen molar-refractivity contribution in [1.29, 1.82) is 0 Å². The highest BCUT2D eigenvalue weighted by Crippen LogP contribution is 2.40. The van der Waals surface area contributed by atoms with Crippen molar-refractivity contribution in [2.24, 2.45) is 5.92 Å². The fourth-order valence-corrected chi connectivity index (χ4v) is 2.18. The Morgan fingerprint density at radius 3 is 2.78 bits per heavy atom. The SMILES string of the molecule is CC(=O)CC(C)C(=O)c1cc(Cl)c2c(c1)OCO2. The summed E-state index contributed by atoms with van der Waals surface area (Å²) in [5, 5.41) is 0.350. The highest BCUT2D eigenvalue weighted by molar-refractivity contribution is 6.32. The minimum Gasteiger partial charge on any atom is -0.454 e. The van der Waals surface area contributed by atoms with Crippen molar-refractivity contribution < 1.29 is 19.1 Å². The molecule has 1 aliphatic heterocycles. The predicted molar refractivity (Wildman–Crippen MR) is 66.4 cm³/mol. The number of carbonyl (C=O) groups excluding carboxylic acids is 2. The number of halogens is 1. The number of fused-ring (bicyclic) bond motifs is 1. The van der Waals surface area contributed by atoms with Gasteiger partial charge in [-0.15, -0.1) is 0 Å². The van der Waals surface area contributed by atoms with Crippen LogP contribution in [0, 0.1) is 5.92 Å². The first-order chi connectivity index (χ1) is 8.49. The number of ether oxygens (including phenoxy) is 2. The minimum absolute atomic E-state index is 0.0114. The highest BCUT2D eigenvalue weighted by atomic mass is 35.5. The number of Topliss-reactive ketones (excluding diaryl/α,β-unsaturated/α-hetero) is 2. The average molecular weight is 269 g/mol. The molecule has 2 rings (SSSR count). The summed E-state index contributed by atoms with van der Waals surface area (Å²) in [6.45, 7) is 3.30. The monoisotopic (exact) mass is 268 g/mol. The topological polar surface area (TPSA) is 52.6 Å². The van der Waals surface area contributed by atoms with Gasteiger partial charge < -0.3 is 14.3 Å². The Morgan fingerprint density at radius 2 is 2.11 bits per heavy atom. The summed E-state index contributed by atoms with van der Waals surface area (Å²) in [7, 11) is 0. The van der Waals surface area contributed by atoms with Crippen molar-refractivity contribution in [2.75, 3.05) is 6.79 Å². The quantitative estimate of drug-likeness (QED) is 0.788. The zero-order valence-corrected chi connectivity index (χ0v) is 10.9. The molecule has 0 radical (unpaired) electrons. The van der Waals surface area contributed by atoms with Crippen molar-refractivity contribution in [3.63, 3.8) is 0 Å². The van der Waals surface area contributed by atoms with E-state index < -0.39 is 0 Å². The van der Waals surface area contributed by atoms with Crippen LogP contribution in [0.5, 0.6) is 11.5 Å². The summed E-state index contributed by atoms with van der Waals surface area (Å²) in [5.41, 5.74) is 0.443. The molecule has 0 bridgehead atoms. The Morgan fingerprint density at radius 1 is 1.39 bits per heavy atom. The van der Waals surface area contributed by atoms with E-state index in [9.17, 15) is 9.59 Å². The normalized spacial score (nSPS) is 14.4. The second kappa shape index (κ2) is 4.98. The van der Waals surface area contributed by atoms with Crippen LogP contribution in [0.3, 0.4) is 0 Å². The molecule has 0 aromatic heterocycles. The van der Waals surface area contributed by atoms with E-state index in [4.69, 9.17) is 21.1 Å². The lowest BCUT2D eigenvalue weighted by molar-refractivity contribution is -0.117. The van der Waals surface area contributed by atoms with Crippen LogP contribution in [-0.2, 0) is 4.79 Å². The van der Waals surface area contributed by atoms with E-state index in [2.05, 4.69) is 0 Å². The molecule has 0 saturated heterocycles. The second-order valence-corrected chi connectivity index (χ2v) is 4.77. The van der Waals surface area contributed by atoms with Gasteiger partial charge in [-0.25, -0.2) is 0 Å². The maximum atomic E-state index is 12.1. The molecule has 0 amide bonds. The third kappa shape index (κ3) is 2.48. The smallest absolute Gasteiger partial charge is 0.231 e. The van der Waals surface area contributed by atoms with Gasteiger partial charge in [0, 0.05) is 17.9 Å². The van der Waals surface area contributed by atoms with Crippen LogP contribution in [0.15, 0.2) is 12.1 Å². The van der Waals surface area contributed by atoms with E-state index >= 15 is 0 Å². The summed E-state index contributed by atoms with van der Waals surface area (Å²) in [5.74, 6) is 0.445. The highest BCUT2D eigenvalue weighted by Gasteiger charge is 2.23. The van der Waals surface area contributed by atoms with Crippen molar-refractivity contribution in [1.82, 2.24) is 0 Å². The van der Waals surface area contributed by atoms with E-state index in [1.165, 1.54) is 6.92 Å². The van der Waals surface area contributed by atoms with Gasteiger partial charge >= 0.3 is 0 Å². The summed E-state index contributed by atoms with van der Waals surface area (Å²) in [4.78, 5) is 23.1. The summed E-state index contributed by atoms with van der Waals surface area (Å²) >= 11 is 6.01. The van der Waals surface area contributed by atoms with Crippen LogP contribution >= 0.6 is 11.6 Å². The molecule has 4 nitrogen and oxygen atoms in total. The lowest BCUT2D eigenvalue weighted by atomic mass is 9.95. The van der Waals surface area contributed by atoms with Crippen molar-refractivity contribution in [2.45, 2.75) is 20.3 Å². The maximum absolute atomic E-state index is 12.1. The standard InChI is InChI=1S/C13H13ClO4/c1-7(3-8(2)15)12(16)9-4-10(14)13-11(5-9)17-6-18-13/h4-5,7H,3,6H2,1-2H3. The average Bonchev–Trinajstić information content (AvgIpc) is 2.75. The van der Waals surface area contributed by atoms with E-state index in [-0.39, 0.29) is 30.7 Å². The van der Waals surface area contributed by atoms with Crippen LogP contribution in [0.1, 0.15) is 30.6 Å². The fraction of sp³-hybridized carbons (Fsp3) is 0.385.